The van der Waals surface area contributed by atoms with E-state index in [-0.39, 0.29) is 0 Å². The van der Waals surface area contributed by atoms with Crippen molar-refractivity contribution in [1.82, 2.24) is 15.3 Å². The number of aromatic nitrogens is 2. The van der Waals surface area contributed by atoms with Gasteiger partial charge < -0.3 is 5.32 Å². The van der Waals surface area contributed by atoms with Crippen LogP contribution in [0.1, 0.15) is 12.1 Å². The van der Waals surface area contributed by atoms with Crippen molar-refractivity contribution in [1.29, 1.82) is 0 Å². The second-order valence-corrected chi connectivity index (χ2v) is 4.22. The average molecular weight is 244 g/mol. The summed E-state index contributed by atoms with van der Waals surface area (Å²) in [4.78, 5) is 8.57. The highest BCUT2D eigenvalue weighted by Crippen LogP contribution is 2.25. The summed E-state index contributed by atoms with van der Waals surface area (Å²) in [6.07, 6.45) is 6.32. The smallest absolute Gasteiger partial charge is 0.0907 e. The lowest BCUT2D eigenvalue weighted by Crippen LogP contribution is -2.20. The van der Waals surface area contributed by atoms with Crippen molar-refractivity contribution in [3.05, 3.63) is 36.3 Å². The summed E-state index contributed by atoms with van der Waals surface area (Å²) in [7, 11) is 0. The van der Waals surface area contributed by atoms with Crippen LogP contribution in [0.5, 0.6) is 0 Å². The van der Waals surface area contributed by atoms with Gasteiger partial charge in [0.05, 0.1) is 23.1 Å². The van der Waals surface area contributed by atoms with E-state index in [4.69, 9.17) is 0 Å². The number of hydrogen-bond donors (Lipinski definition) is 2. The van der Waals surface area contributed by atoms with Gasteiger partial charge in [-0.3, -0.25) is 9.97 Å². The van der Waals surface area contributed by atoms with E-state index in [1.165, 1.54) is 5.57 Å². The quantitative estimate of drug-likeness (QED) is 0.796. The number of nitrogens with zero attached hydrogens (tertiary/aromatic N) is 2. The summed E-state index contributed by atoms with van der Waals surface area (Å²) in [6, 6.07) is 3.50. The lowest BCUT2D eigenvalue weighted by atomic mass is 10.0. The first-order valence-corrected chi connectivity index (χ1v) is 5.90. The van der Waals surface area contributed by atoms with Crippen LogP contribution in [-0.2, 0) is 0 Å². The fraction of sp³-hybridized carbons (Fsp3) is 0.231. The third-order valence-corrected chi connectivity index (χ3v) is 3.12. The standard InChI is InChI=1S/C13H13FN4/c14-18-11-3-6-16-13-8-17-12(7-10(11)13)9-1-4-15-5-2-9/h1,3,6-8,15H,2,4-5H2,(H,16,18). The molecule has 2 N–H and O–H groups in total. The molecule has 0 fully saturated rings. The molecule has 0 amide bonds. The van der Waals surface area contributed by atoms with Crippen LogP contribution in [0, 0.1) is 0 Å². The van der Waals surface area contributed by atoms with Crippen LogP contribution in [0.25, 0.3) is 16.5 Å². The Morgan fingerprint density at radius 3 is 3.06 bits per heavy atom. The molecule has 18 heavy (non-hydrogen) atoms. The Labute approximate surface area is 104 Å². The molecule has 2 aromatic heterocycles. The number of halogens is 1. The van der Waals surface area contributed by atoms with E-state index in [0.717, 1.165) is 30.6 Å². The highest BCUT2D eigenvalue weighted by Gasteiger charge is 2.09. The van der Waals surface area contributed by atoms with Crippen molar-refractivity contribution in [2.24, 2.45) is 0 Å². The SMILES string of the molecule is FNc1ccnc2cnc(C3=CCNCC3)cc12. The third-order valence-electron chi connectivity index (χ3n) is 3.12. The van der Waals surface area contributed by atoms with Crippen molar-refractivity contribution in [2.45, 2.75) is 6.42 Å². The minimum Gasteiger partial charge on any atom is -0.313 e. The summed E-state index contributed by atoms with van der Waals surface area (Å²) in [5, 5.41) is 4.01. The molecule has 0 atom stereocenters. The lowest BCUT2D eigenvalue weighted by molar-refractivity contribution is 0.619. The maximum absolute atomic E-state index is 12.7. The van der Waals surface area contributed by atoms with Gasteiger partial charge in [0.25, 0.3) is 0 Å². The summed E-state index contributed by atoms with van der Waals surface area (Å²) >= 11 is 0. The monoisotopic (exact) mass is 244 g/mol. The number of rotatable bonds is 2. The molecule has 0 aliphatic carbocycles. The minimum atomic E-state index is 0.429. The Hall–Kier alpha value is -2.01. The molecule has 1 aliphatic heterocycles. The lowest BCUT2D eigenvalue weighted by Gasteiger charge is -2.14. The van der Waals surface area contributed by atoms with E-state index in [0.29, 0.717) is 11.2 Å². The van der Waals surface area contributed by atoms with Gasteiger partial charge in [0.1, 0.15) is 0 Å². The maximum Gasteiger partial charge on any atom is 0.0907 e. The Bertz CT molecular complexity index is 609. The van der Waals surface area contributed by atoms with E-state index in [1.54, 1.807) is 24.0 Å². The van der Waals surface area contributed by atoms with Gasteiger partial charge in [0, 0.05) is 18.1 Å². The Morgan fingerprint density at radius 1 is 1.33 bits per heavy atom. The molecule has 92 valence electrons. The maximum atomic E-state index is 12.7. The highest BCUT2D eigenvalue weighted by molar-refractivity contribution is 5.91. The second kappa shape index (κ2) is 4.70. The molecule has 0 saturated carbocycles. The van der Waals surface area contributed by atoms with Crippen LogP contribution < -0.4 is 10.9 Å². The molecule has 2 aromatic rings. The molecular formula is C13H13FN4. The van der Waals surface area contributed by atoms with E-state index < -0.39 is 0 Å². The van der Waals surface area contributed by atoms with Gasteiger partial charge in [-0.15, -0.1) is 4.48 Å². The zero-order valence-corrected chi connectivity index (χ0v) is 9.78. The molecule has 0 aromatic carbocycles. The summed E-state index contributed by atoms with van der Waals surface area (Å²) < 4.78 is 12.7. The molecular weight excluding hydrogens is 231 g/mol. The van der Waals surface area contributed by atoms with Crippen molar-refractivity contribution in [3.63, 3.8) is 0 Å². The van der Waals surface area contributed by atoms with Crippen LogP contribution in [-0.4, -0.2) is 23.1 Å². The fourth-order valence-electron chi connectivity index (χ4n) is 2.16. The molecule has 0 bridgehead atoms. The van der Waals surface area contributed by atoms with Gasteiger partial charge in [-0.2, -0.15) is 0 Å². The van der Waals surface area contributed by atoms with Crippen LogP contribution in [0.3, 0.4) is 0 Å². The number of fused-ring (bicyclic) bond motifs is 1. The van der Waals surface area contributed by atoms with E-state index >= 15 is 0 Å². The first-order valence-electron chi connectivity index (χ1n) is 5.90. The Morgan fingerprint density at radius 2 is 2.28 bits per heavy atom. The average Bonchev–Trinajstić information content (AvgIpc) is 2.47. The third kappa shape index (κ3) is 1.93. The zero-order valence-electron chi connectivity index (χ0n) is 9.78. The molecule has 0 radical (unpaired) electrons. The van der Waals surface area contributed by atoms with Crippen molar-refractivity contribution < 1.29 is 4.48 Å². The largest absolute Gasteiger partial charge is 0.313 e. The predicted molar refractivity (Wildman–Crippen MR) is 69.7 cm³/mol. The molecule has 0 spiro atoms. The molecule has 3 heterocycles. The number of hydrogen-bond acceptors (Lipinski definition) is 4. The first kappa shape index (κ1) is 11.1. The number of nitrogens with one attached hydrogen (secondary N) is 2. The summed E-state index contributed by atoms with van der Waals surface area (Å²) in [6.45, 7) is 1.81. The second-order valence-electron chi connectivity index (χ2n) is 4.22. The highest BCUT2D eigenvalue weighted by atomic mass is 19.2. The van der Waals surface area contributed by atoms with Gasteiger partial charge in [-0.25, -0.2) is 5.54 Å². The summed E-state index contributed by atoms with van der Waals surface area (Å²) in [5.41, 5.74) is 4.92. The van der Waals surface area contributed by atoms with Crippen LogP contribution in [0.15, 0.2) is 30.6 Å². The number of anilines is 1. The van der Waals surface area contributed by atoms with E-state index in [9.17, 15) is 4.48 Å². The van der Waals surface area contributed by atoms with Gasteiger partial charge >= 0.3 is 0 Å². The minimum absolute atomic E-state index is 0.429. The van der Waals surface area contributed by atoms with E-state index in [2.05, 4.69) is 21.4 Å². The zero-order chi connectivity index (χ0) is 12.4. The van der Waals surface area contributed by atoms with Crippen molar-refractivity contribution in [2.75, 3.05) is 18.6 Å². The normalized spacial score (nSPS) is 15.5. The van der Waals surface area contributed by atoms with Crippen LogP contribution >= 0.6 is 0 Å². The topological polar surface area (TPSA) is 49.8 Å². The summed E-state index contributed by atoms with van der Waals surface area (Å²) in [5.74, 6) is 0. The predicted octanol–water partition coefficient (Wildman–Crippen LogP) is 2.30. The van der Waals surface area contributed by atoms with Gasteiger partial charge in [0.2, 0.25) is 0 Å². The molecule has 4 nitrogen and oxygen atoms in total. The first-order chi connectivity index (χ1) is 8.88. The van der Waals surface area contributed by atoms with E-state index in [1.807, 2.05) is 6.07 Å². The Balaban J connectivity index is 2.12. The molecule has 1 aliphatic rings. The van der Waals surface area contributed by atoms with Crippen LogP contribution in [0.4, 0.5) is 10.2 Å². The number of pyridine rings is 2. The van der Waals surface area contributed by atoms with Crippen LogP contribution in [0.2, 0.25) is 0 Å². The Kier molecular flexibility index (Phi) is 2.90. The van der Waals surface area contributed by atoms with Crippen molar-refractivity contribution >= 4 is 22.2 Å². The van der Waals surface area contributed by atoms with Gasteiger partial charge in [-0.1, -0.05) is 6.08 Å². The van der Waals surface area contributed by atoms with Gasteiger partial charge in [0.15, 0.2) is 0 Å². The van der Waals surface area contributed by atoms with Gasteiger partial charge in [-0.05, 0) is 30.7 Å². The molecule has 0 unspecified atom stereocenters. The van der Waals surface area contributed by atoms with Crippen molar-refractivity contribution in [3.8, 4) is 0 Å². The fourth-order valence-corrected chi connectivity index (χ4v) is 2.16. The molecule has 0 saturated heterocycles. The molecule has 5 heteroatoms. The molecule has 3 rings (SSSR count).